The average molecular weight is 499 g/mol. The first kappa shape index (κ1) is 23.7. The third-order valence-electron chi connectivity index (χ3n) is 6.43. The molecule has 1 atom stereocenters. The van der Waals surface area contributed by atoms with Gasteiger partial charge in [0.05, 0.1) is 11.1 Å². The number of hydrogen-bond acceptors (Lipinski definition) is 6. The Morgan fingerprint density at radius 1 is 1.00 bits per heavy atom. The van der Waals surface area contributed by atoms with Gasteiger partial charge in [0.2, 0.25) is 11.8 Å². The van der Waals surface area contributed by atoms with Gasteiger partial charge in [-0.3, -0.25) is 9.59 Å². The van der Waals surface area contributed by atoms with Crippen LogP contribution in [0.1, 0.15) is 41.3 Å². The van der Waals surface area contributed by atoms with Crippen molar-refractivity contribution in [3.8, 4) is 22.9 Å². The number of amides is 2. The summed E-state index contributed by atoms with van der Waals surface area (Å²) in [5.41, 5.74) is 3.16. The van der Waals surface area contributed by atoms with Crippen molar-refractivity contribution >= 4 is 28.3 Å². The number of rotatable bonds is 5. The number of nitrogens with one attached hydrogen (secondary N) is 1. The van der Waals surface area contributed by atoms with Crippen LogP contribution in [0.4, 0.5) is 5.13 Å². The fraction of sp³-hybridized carbons (Fsp3) is 0.214. The Hall–Kier alpha value is -4.04. The molecule has 1 aliphatic heterocycles. The number of fused-ring (bicyclic) bond motifs is 2. The number of hydrogen-bond donors (Lipinski definition) is 1. The number of pyridine rings is 1. The van der Waals surface area contributed by atoms with Crippen LogP contribution < -0.4 is 10.1 Å². The van der Waals surface area contributed by atoms with E-state index in [-0.39, 0.29) is 17.7 Å². The highest BCUT2D eigenvalue weighted by atomic mass is 32.1. The predicted octanol–water partition coefficient (Wildman–Crippen LogP) is 5.81. The molecule has 4 aromatic rings. The van der Waals surface area contributed by atoms with Gasteiger partial charge < -0.3 is 15.0 Å². The number of thiazole rings is 1. The van der Waals surface area contributed by atoms with Gasteiger partial charge >= 0.3 is 0 Å². The van der Waals surface area contributed by atoms with E-state index in [1.54, 1.807) is 37.3 Å². The molecule has 3 heterocycles. The van der Waals surface area contributed by atoms with Crippen molar-refractivity contribution in [2.45, 2.75) is 19.8 Å². The molecule has 8 heteroatoms. The molecule has 5 rings (SSSR count). The standard InChI is InChI=1S/C28H26N4O3S/c1-28(2,26(34)31-27-29-15-16-36-27)23-19-7-5-6-8-22(19)35-24-20(23)13-14-21(30-24)17-9-11-18(12-10-17)25(33)32(3)4/h5-16,23H,1-4H3,(H,29,31,34)/t23-/m0/s1. The molecule has 0 fully saturated rings. The summed E-state index contributed by atoms with van der Waals surface area (Å²) in [6.45, 7) is 3.86. The summed E-state index contributed by atoms with van der Waals surface area (Å²) < 4.78 is 6.23. The molecule has 0 spiro atoms. The molecule has 7 nitrogen and oxygen atoms in total. The monoisotopic (exact) mass is 498 g/mol. The predicted molar refractivity (Wildman–Crippen MR) is 141 cm³/mol. The summed E-state index contributed by atoms with van der Waals surface area (Å²) in [5.74, 6) is 0.692. The van der Waals surface area contributed by atoms with Gasteiger partial charge in [-0.25, -0.2) is 9.97 Å². The molecule has 1 aliphatic rings. The van der Waals surface area contributed by atoms with Gasteiger partial charge in [-0.2, -0.15) is 0 Å². The Bertz CT molecular complexity index is 1430. The van der Waals surface area contributed by atoms with Crippen LogP contribution in [-0.2, 0) is 4.79 Å². The minimum Gasteiger partial charge on any atom is -0.438 e. The van der Waals surface area contributed by atoms with Crippen molar-refractivity contribution in [3.63, 3.8) is 0 Å². The second-order valence-electron chi connectivity index (χ2n) is 9.45. The van der Waals surface area contributed by atoms with E-state index in [0.717, 1.165) is 22.4 Å². The van der Waals surface area contributed by atoms with Crippen LogP contribution in [0.2, 0.25) is 0 Å². The van der Waals surface area contributed by atoms with Crippen LogP contribution in [0.3, 0.4) is 0 Å². The molecule has 2 amide bonds. The minimum absolute atomic E-state index is 0.0546. The quantitative estimate of drug-likeness (QED) is 0.375. The van der Waals surface area contributed by atoms with Crippen molar-refractivity contribution < 1.29 is 14.3 Å². The molecule has 0 saturated heterocycles. The Labute approximate surface area is 213 Å². The Morgan fingerprint density at radius 2 is 1.75 bits per heavy atom. The zero-order valence-corrected chi connectivity index (χ0v) is 21.3. The van der Waals surface area contributed by atoms with E-state index in [0.29, 0.717) is 22.3 Å². The smallest absolute Gasteiger partial charge is 0.253 e. The molecule has 182 valence electrons. The topological polar surface area (TPSA) is 84.4 Å². The van der Waals surface area contributed by atoms with Crippen LogP contribution in [0.25, 0.3) is 11.3 Å². The number of aromatic nitrogens is 2. The van der Waals surface area contributed by atoms with Crippen molar-refractivity contribution in [3.05, 3.63) is 88.9 Å². The molecule has 0 aliphatic carbocycles. The van der Waals surface area contributed by atoms with E-state index in [1.807, 2.05) is 67.8 Å². The summed E-state index contributed by atoms with van der Waals surface area (Å²) in [6.07, 6.45) is 1.67. The van der Waals surface area contributed by atoms with Crippen molar-refractivity contribution in [2.24, 2.45) is 5.41 Å². The number of anilines is 1. The fourth-order valence-corrected chi connectivity index (χ4v) is 5.01. The van der Waals surface area contributed by atoms with Crippen LogP contribution in [0, 0.1) is 5.41 Å². The number of benzene rings is 2. The normalized spacial score (nSPS) is 14.3. The van der Waals surface area contributed by atoms with Crippen LogP contribution in [-0.4, -0.2) is 40.8 Å². The first-order valence-electron chi connectivity index (χ1n) is 11.6. The maximum Gasteiger partial charge on any atom is 0.253 e. The van der Waals surface area contributed by atoms with Gasteiger partial charge in [0.25, 0.3) is 5.91 Å². The molecule has 2 aromatic heterocycles. The Kier molecular flexibility index (Phi) is 6.05. The highest BCUT2D eigenvalue weighted by Gasteiger charge is 2.44. The summed E-state index contributed by atoms with van der Waals surface area (Å²) in [7, 11) is 3.46. The first-order chi connectivity index (χ1) is 17.3. The van der Waals surface area contributed by atoms with E-state index in [1.165, 1.54) is 11.3 Å². The summed E-state index contributed by atoms with van der Waals surface area (Å²) in [4.78, 5) is 36.3. The molecular formula is C28H26N4O3S. The third-order valence-corrected chi connectivity index (χ3v) is 7.12. The SMILES string of the molecule is CN(C)C(=O)c1ccc(-c2ccc3c(n2)Oc2ccccc2[C@@H]3C(C)(C)C(=O)Nc2nccs2)cc1. The maximum absolute atomic E-state index is 13.4. The molecule has 2 aromatic carbocycles. The number of ether oxygens (including phenoxy) is 1. The van der Waals surface area contributed by atoms with Crippen LogP contribution in [0.5, 0.6) is 11.6 Å². The lowest BCUT2D eigenvalue weighted by Gasteiger charge is -2.37. The van der Waals surface area contributed by atoms with Gasteiger partial charge in [0.15, 0.2) is 5.13 Å². The highest BCUT2D eigenvalue weighted by Crippen LogP contribution is 2.52. The number of nitrogens with zero attached hydrogens (tertiary/aromatic N) is 3. The lowest BCUT2D eigenvalue weighted by molar-refractivity contribution is -0.124. The van der Waals surface area contributed by atoms with E-state index in [2.05, 4.69) is 10.3 Å². The molecule has 1 N–H and O–H groups in total. The van der Waals surface area contributed by atoms with E-state index < -0.39 is 5.41 Å². The van der Waals surface area contributed by atoms with E-state index >= 15 is 0 Å². The molecule has 0 bridgehead atoms. The zero-order chi connectivity index (χ0) is 25.4. The molecule has 0 unspecified atom stereocenters. The summed E-state index contributed by atoms with van der Waals surface area (Å²) >= 11 is 1.39. The Balaban J connectivity index is 1.53. The summed E-state index contributed by atoms with van der Waals surface area (Å²) in [5, 5.41) is 5.35. The lowest BCUT2D eigenvalue weighted by Crippen LogP contribution is -2.38. The molecule has 36 heavy (non-hydrogen) atoms. The van der Waals surface area contributed by atoms with Gasteiger partial charge in [-0.1, -0.05) is 50.2 Å². The number of para-hydroxylation sites is 1. The first-order valence-corrected chi connectivity index (χ1v) is 12.4. The maximum atomic E-state index is 13.4. The van der Waals surface area contributed by atoms with Gasteiger partial charge in [0, 0.05) is 53.8 Å². The van der Waals surface area contributed by atoms with E-state index in [9.17, 15) is 9.59 Å². The van der Waals surface area contributed by atoms with Gasteiger partial charge in [-0.15, -0.1) is 11.3 Å². The van der Waals surface area contributed by atoms with Crippen molar-refractivity contribution in [1.82, 2.24) is 14.9 Å². The third kappa shape index (κ3) is 4.24. The fourth-order valence-electron chi connectivity index (χ4n) is 4.49. The second kappa shape index (κ2) is 9.20. The van der Waals surface area contributed by atoms with Crippen molar-refractivity contribution in [2.75, 3.05) is 19.4 Å². The largest absolute Gasteiger partial charge is 0.438 e. The minimum atomic E-state index is -0.822. The van der Waals surface area contributed by atoms with E-state index in [4.69, 9.17) is 9.72 Å². The molecular weight excluding hydrogens is 472 g/mol. The molecule has 0 radical (unpaired) electrons. The summed E-state index contributed by atoms with van der Waals surface area (Å²) in [6, 6.07) is 19.0. The number of carbonyl (C=O) groups excluding carboxylic acids is 2. The van der Waals surface area contributed by atoms with Crippen LogP contribution in [0.15, 0.2) is 72.2 Å². The molecule has 0 saturated carbocycles. The zero-order valence-electron chi connectivity index (χ0n) is 20.5. The van der Waals surface area contributed by atoms with Gasteiger partial charge in [-0.05, 0) is 24.3 Å². The Morgan fingerprint density at radius 3 is 2.44 bits per heavy atom. The highest BCUT2D eigenvalue weighted by molar-refractivity contribution is 7.13. The van der Waals surface area contributed by atoms with Crippen LogP contribution >= 0.6 is 11.3 Å². The lowest BCUT2D eigenvalue weighted by atomic mass is 9.69. The van der Waals surface area contributed by atoms with Crippen molar-refractivity contribution in [1.29, 1.82) is 0 Å². The number of carbonyl (C=O) groups is 2. The average Bonchev–Trinajstić information content (AvgIpc) is 3.39. The van der Waals surface area contributed by atoms with Gasteiger partial charge in [0.1, 0.15) is 5.75 Å². The second-order valence-corrected chi connectivity index (χ2v) is 10.3.